The zero-order valence-corrected chi connectivity index (χ0v) is 17.5. The van der Waals surface area contributed by atoms with E-state index >= 15 is 0 Å². The highest BCUT2D eigenvalue weighted by atomic mass is 35.5. The first-order valence-electron chi connectivity index (χ1n) is 7.86. The quantitative estimate of drug-likeness (QED) is 0.360. The molecule has 148 valence electrons. The Balaban J connectivity index is 2.23. The van der Waals surface area contributed by atoms with Gasteiger partial charge in [0.1, 0.15) is 16.7 Å². The Bertz CT molecular complexity index is 924. The molecule has 1 saturated carbocycles. The summed E-state index contributed by atoms with van der Waals surface area (Å²) in [6, 6.07) is 3.88. The average Bonchev–Trinajstić information content (AvgIpc) is 3.17. The zero-order chi connectivity index (χ0) is 21.2. The molecule has 2 unspecified atom stereocenters. The van der Waals surface area contributed by atoms with Gasteiger partial charge in [0.25, 0.3) is 5.91 Å². The van der Waals surface area contributed by atoms with Gasteiger partial charge in [-0.25, -0.2) is 4.39 Å². The molecule has 0 spiro atoms. The number of allylic oxidation sites excluding steroid dienone is 3. The van der Waals surface area contributed by atoms with E-state index in [1.807, 2.05) is 0 Å². The minimum Gasteiger partial charge on any atom is -0.339 e. The number of anilines is 1. The molecule has 28 heavy (non-hydrogen) atoms. The van der Waals surface area contributed by atoms with E-state index < -0.39 is 38.8 Å². The van der Waals surface area contributed by atoms with Crippen molar-refractivity contribution in [3.8, 4) is 6.07 Å². The minimum atomic E-state index is -1.35. The van der Waals surface area contributed by atoms with E-state index in [-0.39, 0.29) is 22.8 Å². The maximum atomic E-state index is 14.1. The van der Waals surface area contributed by atoms with E-state index in [4.69, 9.17) is 51.7 Å². The molecule has 1 aliphatic carbocycles. The number of benzene rings is 1. The normalized spacial score (nSPS) is 20.1. The third-order valence-electron chi connectivity index (χ3n) is 4.08. The van der Waals surface area contributed by atoms with Gasteiger partial charge >= 0.3 is 0 Å². The Morgan fingerprint density at radius 2 is 2.04 bits per heavy atom. The van der Waals surface area contributed by atoms with Gasteiger partial charge in [-0.1, -0.05) is 35.4 Å². The van der Waals surface area contributed by atoms with Gasteiger partial charge in [-0.2, -0.15) is 5.26 Å². The summed E-state index contributed by atoms with van der Waals surface area (Å²) in [6.45, 7) is 4.98. The number of carbonyl (C=O) groups excluding carboxylic acids is 2. The zero-order valence-electron chi connectivity index (χ0n) is 14.5. The number of nitriles is 1. The molecule has 5 nitrogen and oxygen atoms in total. The van der Waals surface area contributed by atoms with Gasteiger partial charge in [-0.15, -0.1) is 23.2 Å². The summed E-state index contributed by atoms with van der Waals surface area (Å²) in [5.41, 5.74) is 0.438. The summed E-state index contributed by atoms with van der Waals surface area (Å²) in [6.07, 6.45) is 1.55. The van der Waals surface area contributed by atoms with Gasteiger partial charge in [0, 0.05) is 16.6 Å². The van der Waals surface area contributed by atoms with Crippen LogP contribution in [-0.2, 0) is 4.79 Å². The Morgan fingerprint density at radius 3 is 2.61 bits per heavy atom. The molecule has 0 saturated heterocycles. The van der Waals surface area contributed by atoms with Crippen molar-refractivity contribution in [3.63, 3.8) is 0 Å². The Morgan fingerprint density at radius 1 is 1.39 bits per heavy atom. The summed E-state index contributed by atoms with van der Waals surface area (Å²) in [4.78, 5) is 24.6. The summed E-state index contributed by atoms with van der Waals surface area (Å²) < 4.78 is 12.7. The first-order valence-corrected chi connectivity index (χ1v) is 9.37. The number of carbonyl (C=O) groups is 2. The van der Waals surface area contributed by atoms with Crippen LogP contribution < -0.4 is 10.6 Å². The second-order valence-corrected chi connectivity index (χ2v) is 8.42. The van der Waals surface area contributed by atoms with Gasteiger partial charge in [0.05, 0.1) is 22.6 Å². The molecule has 0 bridgehead atoms. The molecule has 0 radical (unpaired) electrons. The summed E-state index contributed by atoms with van der Waals surface area (Å²) in [5.74, 6) is -3.53. The molecule has 2 N–H and O–H groups in total. The molecular formula is C18H14Cl4FN3O2. The molecule has 1 aromatic carbocycles. The van der Waals surface area contributed by atoms with Crippen LogP contribution in [0.25, 0.3) is 0 Å². The number of rotatable bonds is 6. The lowest BCUT2D eigenvalue weighted by molar-refractivity contribution is -0.117. The summed E-state index contributed by atoms with van der Waals surface area (Å²) in [5, 5.41) is 13.1. The van der Waals surface area contributed by atoms with Gasteiger partial charge in [-0.05, 0) is 25.1 Å². The van der Waals surface area contributed by atoms with Crippen LogP contribution in [0.4, 0.5) is 10.1 Å². The predicted molar refractivity (Wildman–Crippen MR) is 108 cm³/mol. The van der Waals surface area contributed by atoms with Crippen LogP contribution in [0.15, 0.2) is 35.4 Å². The van der Waals surface area contributed by atoms with Crippen molar-refractivity contribution in [2.24, 2.45) is 11.8 Å². The summed E-state index contributed by atoms with van der Waals surface area (Å²) >= 11 is 24.0. The van der Waals surface area contributed by atoms with Gasteiger partial charge in [0.15, 0.2) is 0 Å². The topological polar surface area (TPSA) is 82.0 Å². The third kappa shape index (κ3) is 4.79. The largest absolute Gasteiger partial charge is 0.339 e. The second kappa shape index (κ2) is 8.71. The SMILES string of the molecule is C=C(Cl)/C=C(\C)C1C(C(=O)Nc2cc(F)c(Cl)c(C(=O)NCC#N)c2)C1(Cl)Cl. The number of nitrogens with one attached hydrogen (secondary N) is 2. The van der Waals surface area contributed by atoms with Crippen LogP contribution >= 0.6 is 46.4 Å². The molecule has 1 fully saturated rings. The third-order valence-corrected chi connectivity index (χ3v) is 5.51. The first kappa shape index (κ1) is 22.5. The average molecular weight is 465 g/mol. The van der Waals surface area contributed by atoms with Crippen molar-refractivity contribution in [2.75, 3.05) is 11.9 Å². The van der Waals surface area contributed by atoms with Crippen molar-refractivity contribution >= 4 is 63.9 Å². The van der Waals surface area contributed by atoms with Crippen LogP contribution in [0.2, 0.25) is 5.02 Å². The highest BCUT2D eigenvalue weighted by molar-refractivity contribution is 6.53. The minimum absolute atomic E-state index is 0.00724. The standard InChI is InChI=1S/C18H14Cl4FN3O2/c1-8(5-9(2)19)13-14(18(13,21)22)17(28)26-10-6-11(15(20)12(23)7-10)16(27)25-4-3-24/h5-7,13-14H,2,4H2,1H3,(H,25,27)(H,26,28)/b8-5+. The molecule has 1 aliphatic rings. The Labute approximate surface area is 181 Å². The van der Waals surface area contributed by atoms with E-state index in [1.54, 1.807) is 19.1 Å². The highest BCUT2D eigenvalue weighted by Crippen LogP contribution is 2.62. The van der Waals surface area contributed by atoms with Crippen molar-refractivity contribution in [1.82, 2.24) is 5.32 Å². The van der Waals surface area contributed by atoms with Gasteiger partial charge in [-0.3, -0.25) is 9.59 Å². The smallest absolute Gasteiger partial charge is 0.253 e. The number of hydrogen-bond acceptors (Lipinski definition) is 3. The number of alkyl halides is 2. The fourth-order valence-corrected chi connectivity index (χ4v) is 4.11. The van der Waals surface area contributed by atoms with Crippen molar-refractivity contribution in [1.29, 1.82) is 5.26 Å². The number of halogens is 5. The van der Waals surface area contributed by atoms with Crippen LogP contribution in [0.5, 0.6) is 0 Å². The van der Waals surface area contributed by atoms with Crippen LogP contribution in [-0.4, -0.2) is 22.7 Å². The maximum absolute atomic E-state index is 14.1. The van der Waals surface area contributed by atoms with Crippen molar-refractivity contribution < 1.29 is 14.0 Å². The van der Waals surface area contributed by atoms with Crippen LogP contribution in [0.1, 0.15) is 17.3 Å². The van der Waals surface area contributed by atoms with E-state index in [1.165, 1.54) is 6.07 Å². The Kier molecular flexibility index (Phi) is 7.00. The lowest BCUT2D eigenvalue weighted by atomic mass is 10.1. The van der Waals surface area contributed by atoms with Crippen molar-refractivity contribution in [2.45, 2.75) is 11.3 Å². The van der Waals surface area contributed by atoms with E-state index in [0.717, 1.165) is 6.07 Å². The number of hydrogen-bond donors (Lipinski definition) is 2. The monoisotopic (exact) mass is 463 g/mol. The molecular weight excluding hydrogens is 451 g/mol. The molecule has 2 amide bonds. The fraction of sp³-hybridized carbons (Fsp3) is 0.278. The fourth-order valence-electron chi connectivity index (χ4n) is 2.82. The molecule has 0 aromatic heterocycles. The summed E-state index contributed by atoms with van der Waals surface area (Å²) in [7, 11) is 0. The molecule has 2 rings (SSSR count). The molecule has 0 aliphatic heterocycles. The highest BCUT2D eigenvalue weighted by Gasteiger charge is 2.67. The molecule has 0 heterocycles. The van der Waals surface area contributed by atoms with Crippen molar-refractivity contribution in [3.05, 3.63) is 51.8 Å². The first-order chi connectivity index (χ1) is 13.0. The number of nitrogens with zero attached hydrogens (tertiary/aromatic N) is 1. The van der Waals surface area contributed by atoms with E-state index in [9.17, 15) is 14.0 Å². The van der Waals surface area contributed by atoms with E-state index in [2.05, 4.69) is 17.2 Å². The second-order valence-electron chi connectivity index (χ2n) is 6.11. The Hall–Kier alpha value is -1.78. The van der Waals surface area contributed by atoms with Gasteiger partial charge in [0.2, 0.25) is 5.91 Å². The lowest BCUT2D eigenvalue weighted by Crippen LogP contribution is -2.24. The molecule has 2 atom stereocenters. The predicted octanol–water partition coefficient (Wildman–Crippen LogP) is 4.79. The van der Waals surface area contributed by atoms with E-state index in [0.29, 0.717) is 5.57 Å². The number of amides is 2. The van der Waals surface area contributed by atoms with Crippen LogP contribution in [0, 0.1) is 29.0 Å². The maximum Gasteiger partial charge on any atom is 0.253 e. The molecule has 1 aromatic rings. The van der Waals surface area contributed by atoms with Gasteiger partial charge < -0.3 is 10.6 Å². The lowest BCUT2D eigenvalue weighted by Gasteiger charge is -2.10. The molecule has 10 heteroatoms. The van der Waals surface area contributed by atoms with Crippen LogP contribution in [0.3, 0.4) is 0 Å².